The van der Waals surface area contributed by atoms with E-state index in [1.54, 1.807) is 27.7 Å². The Balaban J connectivity index is 0.000000332. The Labute approximate surface area is 515 Å². The Kier molecular flexibility index (Phi) is 31.2. The Hall–Kier alpha value is -3.55. The van der Waals surface area contributed by atoms with E-state index < -0.39 is 22.8 Å². The molecule has 2 unspecified atom stereocenters. The molecule has 0 heterocycles. The average Bonchev–Trinajstić information content (AvgIpc) is 3.96. The molecule has 0 saturated carbocycles. The summed E-state index contributed by atoms with van der Waals surface area (Å²) in [5.41, 5.74) is 16.9. The second kappa shape index (κ2) is 34.6. The number of amides is 1. The van der Waals surface area contributed by atoms with E-state index in [0.29, 0.717) is 32.3 Å². The maximum absolute atomic E-state index is 12.2. The number of hydrogen-bond donors (Lipinski definition) is 3. The van der Waals surface area contributed by atoms with Crippen molar-refractivity contribution in [3.05, 3.63) is 207 Å². The normalized spacial score (nSPS) is 15.2. The summed E-state index contributed by atoms with van der Waals surface area (Å²) in [5.74, 6) is -0.366. The van der Waals surface area contributed by atoms with Crippen LogP contribution in [0.1, 0.15) is 105 Å². The van der Waals surface area contributed by atoms with Gasteiger partial charge in [0.05, 0.1) is 12.3 Å². The number of nitrogens with one attached hydrogen (secondary N) is 1. The van der Waals surface area contributed by atoms with Gasteiger partial charge in [0, 0.05) is 71.9 Å². The summed E-state index contributed by atoms with van der Waals surface area (Å²) >= 11 is 24.0. The van der Waals surface area contributed by atoms with E-state index in [9.17, 15) is 14.4 Å². The number of halogens is 6. The topological polar surface area (TPSA) is 132 Å². The molecule has 6 aromatic rings. The summed E-state index contributed by atoms with van der Waals surface area (Å²) in [6.45, 7) is 16.2. The molecule has 6 aromatic carbocycles. The molecule has 2 aliphatic carbocycles. The molecule has 3 N–H and O–H groups in total. The van der Waals surface area contributed by atoms with Crippen LogP contribution in [0.5, 0.6) is 0 Å². The van der Waals surface area contributed by atoms with Gasteiger partial charge in [0.2, 0.25) is 0 Å². The number of esters is 1. The third kappa shape index (κ3) is 21.8. The van der Waals surface area contributed by atoms with E-state index in [0.717, 1.165) is 54.1 Å². The molecule has 1 amide bonds. The number of nitrogens with two attached hydrogens (primary N) is 1. The molecule has 0 aliphatic heterocycles. The number of aliphatic imine (C=N–C) groups is 1. The fourth-order valence-corrected chi connectivity index (χ4v) is 11.6. The van der Waals surface area contributed by atoms with Crippen LogP contribution in [0.15, 0.2) is 161 Å². The van der Waals surface area contributed by atoms with E-state index in [2.05, 4.69) is 200 Å². The van der Waals surface area contributed by atoms with Crippen molar-refractivity contribution >= 4 is 140 Å². The predicted octanol–water partition coefficient (Wildman–Crippen LogP) is 16.9. The van der Waals surface area contributed by atoms with Crippen LogP contribution in [-0.2, 0) is 55.4 Å². The first-order valence-corrected chi connectivity index (χ1v) is 30.2. The van der Waals surface area contributed by atoms with Gasteiger partial charge in [-0.05, 0) is 124 Å². The van der Waals surface area contributed by atoms with E-state index in [-0.39, 0.29) is 19.2 Å². The molecule has 1 radical (unpaired) electrons. The van der Waals surface area contributed by atoms with Crippen molar-refractivity contribution in [1.29, 1.82) is 0 Å². The van der Waals surface area contributed by atoms with E-state index in [1.165, 1.54) is 49.2 Å². The van der Waals surface area contributed by atoms with Crippen molar-refractivity contribution in [1.82, 2.24) is 5.32 Å². The van der Waals surface area contributed by atoms with Gasteiger partial charge in [0.15, 0.2) is 5.78 Å². The summed E-state index contributed by atoms with van der Waals surface area (Å²) in [7, 11) is 4.34. The molecular weight excluding hydrogens is 1380 g/mol. The number of alkyl halides is 2. The first kappa shape index (κ1) is 69.6. The Morgan fingerprint density at radius 3 is 1.58 bits per heavy atom. The van der Waals surface area contributed by atoms with Gasteiger partial charge >= 0.3 is 36.8 Å². The number of alkyl carbamates (subject to hydrolysis) is 1. The van der Waals surface area contributed by atoms with E-state index in [4.69, 9.17) is 15.2 Å². The molecule has 8 rings (SSSR count). The molecule has 0 fully saturated rings. The number of aryl methyl sites for hydroxylation is 1. The summed E-state index contributed by atoms with van der Waals surface area (Å²) < 4.78 is 17.4. The molecule has 2 atom stereocenters. The fraction of sp³-hybridized carbons (Fsp3) is 0.333. The van der Waals surface area contributed by atoms with Crippen LogP contribution in [0.2, 0.25) is 0 Å². The SMILES string of the molecule is BrCc1cccc(Br)c1CBr.C.CC(=O)C1(NC(=O)OC(C)(C)C)Cc2cccc(Br)c2C1.CCN=C(c1ccccc1)c1ccccc1.CCOC(=O)C1(N)Cc2cccc(Br)c2C1.Cc1cccc(Br)c1C.[B]=NS. The number of carbonyl (C=O) groups is 3. The summed E-state index contributed by atoms with van der Waals surface area (Å²) in [5, 5.41) is 4.60. The van der Waals surface area contributed by atoms with Crippen LogP contribution < -0.4 is 11.1 Å². The van der Waals surface area contributed by atoms with Gasteiger partial charge in [-0.2, -0.15) is 0 Å². The first-order valence-electron chi connectivity index (χ1n) is 24.3. The minimum absolute atomic E-state index is 0. The van der Waals surface area contributed by atoms with Crippen molar-refractivity contribution in [2.45, 2.75) is 116 Å². The van der Waals surface area contributed by atoms with Crippen LogP contribution in [0.4, 0.5) is 4.79 Å². The number of rotatable bonds is 9. The number of benzene rings is 6. The number of hydrogen-bond acceptors (Lipinski definition) is 9. The second-order valence-corrected chi connectivity index (χ2v) is 23.4. The zero-order chi connectivity index (χ0) is 56.6. The Morgan fingerprint density at radius 1 is 0.688 bits per heavy atom. The minimum atomic E-state index is -0.908. The molecule has 77 heavy (non-hydrogen) atoms. The van der Waals surface area contributed by atoms with Crippen molar-refractivity contribution in [2.24, 2.45) is 15.0 Å². The molecule has 411 valence electrons. The molecule has 0 bridgehead atoms. The van der Waals surface area contributed by atoms with Crippen LogP contribution in [0.25, 0.3) is 0 Å². The molecule has 2 aliphatic rings. The molecule has 0 spiro atoms. The van der Waals surface area contributed by atoms with Gasteiger partial charge in [0.25, 0.3) is 0 Å². The van der Waals surface area contributed by atoms with Gasteiger partial charge in [-0.3, -0.25) is 14.6 Å². The number of ether oxygens (including phenoxy) is 2. The monoisotopic (exact) mass is 1440 g/mol. The van der Waals surface area contributed by atoms with Crippen molar-refractivity contribution in [2.75, 3.05) is 13.2 Å². The second-order valence-electron chi connectivity index (χ2n) is 18.6. The number of carbonyl (C=O) groups excluding carboxylic acids is 3. The van der Waals surface area contributed by atoms with Crippen molar-refractivity contribution in [3.8, 4) is 0 Å². The molecule has 17 heteroatoms. The van der Waals surface area contributed by atoms with Crippen LogP contribution in [0, 0.1) is 13.8 Å². The predicted molar refractivity (Wildman–Crippen MR) is 345 cm³/mol. The van der Waals surface area contributed by atoms with Crippen LogP contribution in [-0.4, -0.2) is 61.0 Å². The standard InChI is InChI=1S/C16H20BrNO3.C15H15N.C12H14BrNO2.C8H7Br3.C8H9Br.CH4.BHNS/c1-10(19)16(18-14(20)21-15(2,3)4)8-11-6-5-7-13(17)12(11)9-16;1-2-16-15(13-9-5-3-6-10-13)14-11-7-4-8-12-14;1-2-16-11(15)12(14)6-8-4-3-5-10(13)9(8)7-12;9-4-6-2-1-3-8(11)7(6)5-10;1-6-4-3-5-8(9)7(6)2;;1-2-3/h5-7H,8-9H2,1-4H3,(H,18,20);3-12H,2H2,1H3;3-5H,2,6-7,14H2,1H3;1-3H,4-5H2;3-5H,1-2H3;1H4;3H. The van der Waals surface area contributed by atoms with Crippen LogP contribution in [0.3, 0.4) is 0 Å². The zero-order valence-electron chi connectivity index (χ0n) is 44.2. The Bertz CT molecular complexity index is 2830. The average molecular weight is 1450 g/mol. The van der Waals surface area contributed by atoms with E-state index in [1.807, 2.05) is 84.9 Å². The van der Waals surface area contributed by atoms with E-state index >= 15 is 0 Å². The van der Waals surface area contributed by atoms with Gasteiger partial charge < -0.3 is 20.5 Å². The number of Topliss-reactive ketones (excluding diaryl/α,β-unsaturated/α-hetero) is 1. The third-order valence-corrected chi connectivity index (χ3v) is 16.2. The van der Waals surface area contributed by atoms with Crippen LogP contribution >= 0.6 is 108 Å². The number of thiol groups is 1. The van der Waals surface area contributed by atoms with Crippen molar-refractivity contribution in [3.63, 3.8) is 0 Å². The molecular formula is C60H70BBr6N4O5S. The Morgan fingerprint density at radius 2 is 1.17 bits per heavy atom. The summed E-state index contributed by atoms with van der Waals surface area (Å²) in [4.78, 5) is 40.6. The number of ketones is 1. The zero-order valence-corrected chi connectivity index (χ0v) is 54.6. The van der Waals surface area contributed by atoms with Gasteiger partial charge in [-0.25, -0.2) is 4.79 Å². The molecule has 0 saturated heterocycles. The summed E-state index contributed by atoms with van der Waals surface area (Å²) in [6, 6.07) is 44.9. The van der Waals surface area contributed by atoms with Crippen molar-refractivity contribution < 1.29 is 23.9 Å². The first-order chi connectivity index (χ1) is 36.0. The number of fused-ring (bicyclic) bond motifs is 2. The molecule has 9 nitrogen and oxygen atoms in total. The number of nitrogens with zero attached hydrogens (tertiary/aromatic N) is 2. The van der Waals surface area contributed by atoms with Gasteiger partial charge in [-0.15, -0.1) is 0 Å². The fourth-order valence-electron chi connectivity index (χ4n) is 7.98. The maximum atomic E-state index is 12.2. The summed E-state index contributed by atoms with van der Waals surface area (Å²) in [6.07, 6.45) is 1.53. The van der Waals surface area contributed by atoms with Gasteiger partial charge in [-0.1, -0.05) is 212 Å². The quantitative estimate of drug-likeness (QED) is 0.0434. The third-order valence-electron chi connectivity index (χ3n) is 11.9. The van der Waals surface area contributed by atoms with Gasteiger partial charge in [0.1, 0.15) is 16.7 Å². The molecule has 0 aromatic heterocycles.